The minimum atomic E-state index is -3.70. The van der Waals surface area contributed by atoms with Crippen LogP contribution in [0.1, 0.15) is 39.5 Å². The Hall–Kier alpha value is -2.84. The van der Waals surface area contributed by atoms with Crippen molar-refractivity contribution in [1.29, 1.82) is 0 Å². The Labute approximate surface area is 177 Å². The fourth-order valence-electron chi connectivity index (χ4n) is 2.99. The number of urea groups is 1. The van der Waals surface area contributed by atoms with Gasteiger partial charge in [-0.2, -0.15) is 0 Å². The van der Waals surface area contributed by atoms with Crippen LogP contribution in [0.15, 0.2) is 63.9 Å². The van der Waals surface area contributed by atoms with Crippen LogP contribution >= 0.6 is 0 Å². The van der Waals surface area contributed by atoms with Gasteiger partial charge in [-0.3, -0.25) is 0 Å². The van der Waals surface area contributed by atoms with Gasteiger partial charge >= 0.3 is 6.03 Å². The third-order valence-electron chi connectivity index (χ3n) is 4.59. The smallest absolute Gasteiger partial charge is 0.322 e. The number of furan rings is 1. The summed E-state index contributed by atoms with van der Waals surface area (Å²) in [6, 6.07) is 15.0. The quantitative estimate of drug-likeness (QED) is 0.613. The molecule has 1 heterocycles. The Morgan fingerprint density at radius 2 is 1.77 bits per heavy atom. The molecular weight excluding hydrogens is 402 g/mol. The van der Waals surface area contributed by atoms with Crippen LogP contribution < -0.4 is 10.0 Å². The van der Waals surface area contributed by atoms with Gasteiger partial charge in [0.2, 0.25) is 10.0 Å². The first-order valence-corrected chi connectivity index (χ1v) is 11.1. The highest BCUT2D eigenvalue weighted by molar-refractivity contribution is 7.89. The number of anilines is 1. The summed E-state index contributed by atoms with van der Waals surface area (Å²) in [5, 5.41) is 3.72. The maximum absolute atomic E-state index is 12.7. The van der Waals surface area contributed by atoms with E-state index < -0.39 is 15.6 Å². The highest BCUT2D eigenvalue weighted by Gasteiger charge is 2.24. The normalized spacial score (nSPS) is 13.2. The lowest BCUT2D eigenvalue weighted by Crippen LogP contribution is -2.40. The molecule has 2 aromatic carbocycles. The summed E-state index contributed by atoms with van der Waals surface area (Å²) in [5.41, 5.74) is 0.540. The summed E-state index contributed by atoms with van der Waals surface area (Å²) in [4.78, 5) is 14.3. The average molecular weight is 430 g/mol. The van der Waals surface area contributed by atoms with Gasteiger partial charge in [0, 0.05) is 23.7 Å². The van der Waals surface area contributed by atoms with Crippen molar-refractivity contribution in [3.05, 3.63) is 60.4 Å². The number of hydrogen-bond acceptors (Lipinski definition) is 4. The number of benzene rings is 2. The van der Waals surface area contributed by atoms with Crippen LogP contribution in [0, 0.1) is 0 Å². The molecule has 0 bridgehead atoms. The van der Waals surface area contributed by atoms with Crippen molar-refractivity contribution in [2.24, 2.45) is 0 Å². The molecule has 160 valence electrons. The topological polar surface area (TPSA) is 91.7 Å². The van der Waals surface area contributed by atoms with E-state index in [2.05, 4.69) is 10.0 Å². The standard InChI is InChI=1S/C22H27N3O4S/c1-15(20-13-16-9-6-7-12-19(16)29-20)25(5)21(26)23-17-10-8-11-18(14-17)30(27,28)24-22(2,3)4/h6-15,24H,1-5H3,(H,23,26). The number of amides is 2. The lowest BCUT2D eigenvalue weighted by molar-refractivity contribution is 0.201. The predicted molar refractivity (Wildman–Crippen MR) is 118 cm³/mol. The molecule has 3 rings (SSSR count). The van der Waals surface area contributed by atoms with Gasteiger partial charge < -0.3 is 14.6 Å². The highest BCUT2D eigenvalue weighted by atomic mass is 32.2. The zero-order chi connectivity index (χ0) is 22.1. The summed E-state index contributed by atoms with van der Waals surface area (Å²) in [7, 11) is -2.04. The molecule has 0 aliphatic carbocycles. The first kappa shape index (κ1) is 21.9. The molecule has 30 heavy (non-hydrogen) atoms. The molecule has 0 aliphatic rings. The van der Waals surface area contributed by atoms with E-state index in [9.17, 15) is 13.2 Å². The van der Waals surface area contributed by atoms with Gasteiger partial charge in [-0.25, -0.2) is 17.9 Å². The Morgan fingerprint density at radius 3 is 2.43 bits per heavy atom. The van der Waals surface area contributed by atoms with Crippen LogP contribution in [0.5, 0.6) is 0 Å². The number of hydrogen-bond donors (Lipinski definition) is 2. The van der Waals surface area contributed by atoms with Crippen LogP contribution in [0.3, 0.4) is 0 Å². The molecule has 0 fully saturated rings. The van der Waals surface area contributed by atoms with E-state index >= 15 is 0 Å². The molecule has 8 heteroatoms. The van der Waals surface area contributed by atoms with Gasteiger partial charge in [-0.05, 0) is 58.0 Å². The summed E-state index contributed by atoms with van der Waals surface area (Å²) >= 11 is 0. The molecule has 0 aliphatic heterocycles. The minimum Gasteiger partial charge on any atom is -0.459 e. The van der Waals surface area contributed by atoms with Gasteiger partial charge in [-0.15, -0.1) is 0 Å². The number of nitrogens with zero attached hydrogens (tertiary/aromatic N) is 1. The first-order chi connectivity index (χ1) is 14.0. The molecule has 0 radical (unpaired) electrons. The SMILES string of the molecule is CC(c1cc2ccccc2o1)N(C)C(=O)Nc1cccc(S(=O)(=O)NC(C)(C)C)c1. The summed E-state index contributed by atoms with van der Waals surface area (Å²) in [6.45, 7) is 7.17. The second kappa shape index (κ2) is 8.12. The van der Waals surface area contributed by atoms with E-state index in [1.807, 2.05) is 37.3 Å². The largest absolute Gasteiger partial charge is 0.459 e. The van der Waals surface area contributed by atoms with Crippen molar-refractivity contribution >= 4 is 32.7 Å². The van der Waals surface area contributed by atoms with Crippen molar-refractivity contribution in [2.45, 2.75) is 44.2 Å². The number of sulfonamides is 1. The number of fused-ring (bicyclic) bond motifs is 1. The first-order valence-electron chi connectivity index (χ1n) is 9.63. The van der Waals surface area contributed by atoms with Gasteiger partial charge in [0.15, 0.2) is 0 Å². The molecular formula is C22H27N3O4S. The van der Waals surface area contributed by atoms with Crippen molar-refractivity contribution in [3.8, 4) is 0 Å². The maximum atomic E-state index is 12.7. The molecule has 2 N–H and O–H groups in total. The monoisotopic (exact) mass is 429 g/mol. The summed E-state index contributed by atoms with van der Waals surface area (Å²) in [5.74, 6) is 0.666. The molecule has 1 unspecified atom stereocenters. The van der Waals surface area contributed by atoms with E-state index in [0.29, 0.717) is 11.4 Å². The second-order valence-corrected chi connectivity index (χ2v) is 9.97. The lowest BCUT2D eigenvalue weighted by atomic mass is 10.1. The maximum Gasteiger partial charge on any atom is 0.322 e. The fraction of sp³-hybridized carbons (Fsp3) is 0.318. The second-order valence-electron chi connectivity index (χ2n) is 8.29. The predicted octanol–water partition coefficient (Wildman–Crippen LogP) is 4.73. The number of carbonyl (C=O) groups is 1. The number of nitrogens with one attached hydrogen (secondary N) is 2. The van der Waals surface area contributed by atoms with E-state index in [1.165, 1.54) is 17.0 Å². The third-order valence-corrected chi connectivity index (χ3v) is 6.35. The van der Waals surface area contributed by atoms with E-state index in [4.69, 9.17) is 4.42 Å². The average Bonchev–Trinajstić information content (AvgIpc) is 3.09. The van der Waals surface area contributed by atoms with Gasteiger partial charge in [0.05, 0.1) is 10.9 Å². The highest BCUT2D eigenvalue weighted by Crippen LogP contribution is 2.27. The van der Waals surface area contributed by atoms with Crippen LogP contribution in [-0.2, 0) is 10.0 Å². The Balaban J connectivity index is 1.75. The van der Waals surface area contributed by atoms with Crippen molar-refractivity contribution in [1.82, 2.24) is 9.62 Å². The van der Waals surface area contributed by atoms with E-state index in [0.717, 1.165) is 11.0 Å². The zero-order valence-corrected chi connectivity index (χ0v) is 18.6. The fourth-order valence-corrected chi connectivity index (χ4v) is 4.45. The van der Waals surface area contributed by atoms with Crippen LogP contribution in [0.4, 0.5) is 10.5 Å². The Kier molecular flexibility index (Phi) is 5.92. The number of para-hydroxylation sites is 1. The summed E-state index contributed by atoms with van der Waals surface area (Å²) < 4.78 is 33.6. The molecule has 3 aromatic rings. The van der Waals surface area contributed by atoms with Crippen molar-refractivity contribution in [3.63, 3.8) is 0 Å². The van der Waals surface area contributed by atoms with Crippen LogP contribution in [0.2, 0.25) is 0 Å². The molecule has 1 atom stereocenters. The molecule has 2 amide bonds. The van der Waals surface area contributed by atoms with Crippen molar-refractivity contribution in [2.75, 3.05) is 12.4 Å². The molecule has 1 aromatic heterocycles. The number of rotatable bonds is 5. The Morgan fingerprint density at radius 1 is 1.07 bits per heavy atom. The van der Waals surface area contributed by atoms with Gasteiger partial charge in [0.25, 0.3) is 0 Å². The van der Waals surface area contributed by atoms with E-state index in [1.54, 1.807) is 40.0 Å². The Bertz CT molecular complexity index is 1130. The lowest BCUT2D eigenvalue weighted by Gasteiger charge is -2.24. The van der Waals surface area contributed by atoms with E-state index in [-0.39, 0.29) is 17.0 Å². The minimum absolute atomic E-state index is 0.0863. The van der Waals surface area contributed by atoms with Gasteiger partial charge in [0.1, 0.15) is 11.3 Å². The number of carbonyl (C=O) groups excluding carboxylic acids is 1. The van der Waals surface area contributed by atoms with Crippen LogP contribution in [-0.4, -0.2) is 31.9 Å². The van der Waals surface area contributed by atoms with Crippen LogP contribution in [0.25, 0.3) is 11.0 Å². The zero-order valence-electron chi connectivity index (χ0n) is 17.8. The molecule has 0 saturated carbocycles. The molecule has 0 spiro atoms. The third kappa shape index (κ3) is 5.01. The van der Waals surface area contributed by atoms with Crippen molar-refractivity contribution < 1.29 is 17.6 Å². The molecule has 7 nitrogen and oxygen atoms in total. The summed E-state index contributed by atoms with van der Waals surface area (Å²) in [6.07, 6.45) is 0. The molecule has 0 saturated heterocycles. The van der Waals surface area contributed by atoms with Gasteiger partial charge in [-0.1, -0.05) is 24.3 Å².